The molecule has 4 aromatic rings. The van der Waals surface area contributed by atoms with Crippen LogP contribution in [0.4, 0.5) is 5.69 Å². The van der Waals surface area contributed by atoms with Gasteiger partial charge in [-0.05, 0) is 36.4 Å². The second kappa shape index (κ2) is 9.52. The van der Waals surface area contributed by atoms with Crippen LogP contribution in [0.15, 0.2) is 73.1 Å². The molecule has 0 aliphatic carbocycles. The van der Waals surface area contributed by atoms with Gasteiger partial charge in [-0.3, -0.25) is 9.78 Å². The summed E-state index contributed by atoms with van der Waals surface area (Å²) in [6.07, 6.45) is 3.38. The molecule has 1 saturated heterocycles. The van der Waals surface area contributed by atoms with E-state index in [0.29, 0.717) is 42.6 Å². The zero-order chi connectivity index (χ0) is 23.5. The van der Waals surface area contributed by atoms with Gasteiger partial charge in [0.2, 0.25) is 0 Å². The summed E-state index contributed by atoms with van der Waals surface area (Å²) in [6.45, 7) is 2.56. The molecule has 0 atom stereocenters. The molecule has 2 aromatic heterocycles. The number of hydrogen-bond donors (Lipinski definition) is 0. The minimum Gasteiger partial charge on any atom is -0.497 e. The van der Waals surface area contributed by atoms with E-state index in [-0.39, 0.29) is 11.6 Å². The van der Waals surface area contributed by atoms with Crippen LogP contribution in [0.3, 0.4) is 0 Å². The van der Waals surface area contributed by atoms with Crippen LogP contribution in [0.5, 0.6) is 5.75 Å². The lowest BCUT2D eigenvalue weighted by molar-refractivity contribution is 0.0741. The number of pyridine rings is 1. The number of halogens is 1. The van der Waals surface area contributed by atoms with Gasteiger partial charge < -0.3 is 14.5 Å². The summed E-state index contributed by atoms with van der Waals surface area (Å²) in [7, 11) is 1.66. The third-order valence-electron chi connectivity index (χ3n) is 5.87. The molecule has 0 spiro atoms. The number of methoxy groups -OCH3 is 1. The second-order valence-electron chi connectivity index (χ2n) is 7.87. The van der Waals surface area contributed by atoms with E-state index in [1.54, 1.807) is 30.3 Å². The molecule has 0 unspecified atom stereocenters. The quantitative estimate of drug-likeness (QED) is 0.436. The van der Waals surface area contributed by atoms with E-state index in [0.717, 1.165) is 17.0 Å². The lowest BCUT2D eigenvalue weighted by atomic mass is 10.1. The van der Waals surface area contributed by atoms with Gasteiger partial charge in [-0.15, -0.1) is 5.10 Å². The Morgan fingerprint density at radius 2 is 1.82 bits per heavy atom. The van der Waals surface area contributed by atoms with Crippen molar-refractivity contribution < 1.29 is 9.53 Å². The first-order valence-electron chi connectivity index (χ1n) is 10.9. The summed E-state index contributed by atoms with van der Waals surface area (Å²) in [5, 5.41) is 9.11. The SMILES string of the molecule is COc1cccc(N2CCN(C(=O)c3nnn(-c4ccccc4Cl)c3-c3cccnc3)CC2)c1. The molecular formula is C25H23ClN6O2. The number of ether oxygens (including phenoxy) is 1. The molecule has 0 bridgehead atoms. The van der Waals surface area contributed by atoms with Crippen molar-refractivity contribution in [1.29, 1.82) is 0 Å². The van der Waals surface area contributed by atoms with Crippen molar-refractivity contribution >= 4 is 23.2 Å². The van der Waals surface area contributed by atoms with Crippen molar-refractivity contribution in [2.75, 3.05) is 38.2 Å². The molecule has 5 rings (SSSR count). The number of carbonyl (C=O) groups excluding carboxylic acids is 1. The fourth-order valence-electron chi connectivity index (χ4n) is 4.10. The molecular weight excluding hydrogens is 452 g/mol. The van der Waals surface area contributed by atoms with Crippen molar-refractivity contribution in [3.8, 4) is 22.7 Å². The first kappa shape index (κ1) is 21.9. The molecule has 0 saturated carbocycles. The van der Waals surface area contributed by atoms with E-state index >= 15 is 0 Å². The molecule has 1 aliphatic rings. The summed E-state index contributed by atoms with van der Waals surface area (Å²) < 4.78 is 6.95. The predicted octanol–water partition coefficient (Wildman–Crippen LogP) is 3.95. The number of rotatable bonds is 5. The van der Waals surface area contributed by atoms with Crippen LogP contribution in [0.2, 0.25) is 5.02 Å². The third kappa shape index (κ3) is 4.20. The summed E-state index contributed by atoms with van der Waals surface area (Å²) in [5.74, 6) is 0.649. The Bertz CT molecular complexity index is 1300. The Hall–Kier alpha value is -3.91. The maximum atomic E-state index is 13.6. The van der Waals surface area contributed by atoms with Crippen molar-refractivity contribution in [3.05, 3.63) is 83.8 Å². The van der Waals surface area contributed by atoms with E-state index in [1.807, 2.05) is 53.4 Å². The average Bonchev–Trinajstić information content (AvgIpc) is 3.34. The van der Waals surface area contributed by atoms with E-state index in [9.17, 15) is 4.79 Å². The Morgan fingerprint density at radius 3 is 2.56 bits per heavy atom. The number of benzene rings is 2. The molecule has 8 nitrogen and oxygen atoms in total. The van der Waals surface area contributed by atoms with Gasteiger partial charge >= 0.3 is 0 Å². The van der Waals surface area contributed by atoms with Crippen molar-refractivity contribution in [1.82, 2.24) is 24.9 Å². The van der Waals surface area contributed by atoms with Gasteiger partial charge in [0.15, 0.2) is 5.69 Å². The number of amides is 1. The number of para-hydroxylation sites is 1. The number of carbonyl (C=O) groups is 1. The van der Waals surface area contributed by atoms with E-state index < -0.39 is 0 Å². The highest BCUT2D eigenvalue weighted by Crippen LogP contribution is 2.29. The van der Waals surface area contributed by atoms with Gasteiger partial charge in [0.25, 0.3) is 5.91 Å². The number of aromatic nitrogens is 4. The fraction of sp³-hybridized carbons (Fsp3) is 0.200. The third-order valence-corrected chi connectivity index (χ3v) is 6.19. The van der Waals surface area contributed by atoms with Crippen LogP contribution in [0.25, 0.3) is 16.9 Å². The average molecular weight is 475 g/mol. The Balaban J connectivity index is 1.43. The molecule has 3 heterocycles. The summed E-state index contributed by atoms with van der Waals surface area (Å²) >= 11 is 6.44. The smallest absolute Gasteiger partial charge is 0.276 e. The first-order chi connectivity index (χ1) is 16.7. The van der Waals surface area contributed by atoms with Crippen LogP contribution >= 0.6 is 11.6 Å². The predicted molar refractivity (Wildman–Crippen MR) is 131 cm³/mol. The number of anilines is 1. The number of nitrogens with zero attached hydrogens (tertiary/aromatic N) is 6. The lowest BCUT2D eigenvalue weighted by Crippen LogP contribution is -2.49. The molecule has 34 heavy (non-hydrogen) atoms. The minimum absolute atomic E-state index is 0.164. The zero-order valence-corrected chi connectivity index (χ0v) is 19.4. The van der Waals surface area contributed by atoms with Crippen LogP contribution in [-0.4, -0.2) is 64.1 Å². The number of piperazine rings is 1. The van der Waals surface area contributed by atoms with Crippen molar-refractivity contribution in [2.45, 2.75) is 0 Å². The Morgan fingerprint density at radius 1 is 1.00 bits per heavy atom. The van der Waals surface area contributed by atoms with Gasteiger partial charge in [-0.1, -0.05) is 35.0 Å². The normalized spacial score (nSPS) is 13.7. The Kier molecular flexibility index (Phi) is 6.14. The molecule has 9 heteroatoms. The highest BCUT2D eigenvalue weighted by atomic mass is 35.5. The molecule has 1 aliphatic heterocycles. The first-order valence-corrected chi connectivity index (χ1v) is 11.3. The minimum atomic E-state index is -0.164. The van der Waals surface area contributed by atoms with Gasteiger partial charge in [-0.2, -0.15) is 0 Å². The monoisotopic (exact) mass is 474 g/mol. The topological polar surface area (TPSA) is 76.4 Å². The molecule has 2 aromatic carbocycles. The summed E-state index contributed by atoms with van der Waals surface area (Å²) in [4.78, 5) is 21.9. The molecule has 1 amide bonds. The largest absolute Gasteiger partial charge is 0.497 e. The molecule has 172 valence electrons. The molecule has 1 fully saturated rings. The maximum absolute atomic E-state index is 13.6. The Labute approximate surface area is 202 Å². The van der Waals surface area contributed by atoms with Crippen molar-refractivity contribution in [3.63, 3.8) is 0 Å². The van der Waals surface area contributed by atoms with Crippen LogP contribution in [0, 0.1) is 0 Å². The van der Waals surface area contributed by atoms with Crippen molar-refractivity contribution in [2.24, 2.45) is 0 Å². The highest BCUT2D eigenvalue weighted by molar-refractivity contribution is 6.32. The van der Waals surface area contributed by atoms with Gasteiger partial charge in [0, 0.05) is 55.9 Å². The highest BCUT2D eigenvalue weighted by Gasteiger charge is 2.29. The summed E-state index contributed by atoms with van der Waals surface area (Å²) in [6, 6.07) is 19.0. The molecule has 0 radical (unpaired) electrons. The number of hydrogen-bond acceptors (Lipinski definition) is 6. The zero-order valence-electron chi connectivity index (χ0n) is 18.6. The second-order valence-corrected chi connectivity index (χ2v) is 8.28. The van der Waals surface area contributed by atoms with Gasteiger partial charge in [0.1, 0.15) is 11.4 Å². The van der Waals surface area contributed by atoms with Crippen LogP contribution in [-0.2, 0) is 0 Å². The van der Waals surface area contributed by atoms with Gasteiger partial charge in [0.05, 0.1) is 17.8 Å². The van der Waals surface area contributed by atoms with E-state index in [1.165, 1.54) is 0 Å². The molecule has 0 N–H and O–H groups in total. The summed E-state index contributed by atoms with van der Waals surface area (Å²) in [5.41, 5.74) is 3.32. The van der Waals surface area contributed by atoms with E-state index in [2.05, 4.69) is 26.3 Å². The van der Waals surface area contributed by atoms with Crippen LogP contribution < -0.4 is 9.64 Å². The lowest BCUT2D eigenvalue weighted by Gasteiger charge is -2.36. The fourth-order valence-corrected chi connectivity index (χ4v) is 4.32. The van der Waals surface area contributed by atoms with Crippen LogP contribution in [0.1, 0.15) is 10.5 Å². The maximum Gasteiger partial charge on any atom is 0.276 e. The standard InChI is InChI=1S/C25H23ClN6O2/c1-34-20-8-4-7-19(16-20)30-12-14-31(15-13-30)25(33)23-24(18-6-5-11-27-17-18)32(29-28-23)22-10-3-2-9-21(22)26/h2-11,16-17H,12-15H2,1H3. The van der Waals surface area contributed by atoms with E-state index in [4.69, 9.17) is 16.3 Å². The van der Waals surface area contributed by atoms with Gasteiger partial charge in [-0.25, -0.2) is 4.68 Å².